The van der Waals surface area contributed by atoms with E-state index in [1.165, 1.54) is 60.9 Å². The molecule has 0 bridgehead atoms. The van der Waals surface area contributed by atoms with Crippen LogP contribution in [0.15, 0.2) is 175 Å². The average molecular weight is 742 g/mol. The highest BCUT2D eigenvalue weighted by molar-refractivity contribution is 6.09. The van der Waals surface area contributed by atoms with Crippen LogP contribution >= 0.6 is 0 Å². The SMILES string of the molecule is [2H]C([2H])(c1ccc(-c2ccccc2)nc1)C([2H])([2H])c1cc(C([2H])([2H])C([2H])([2H])c2ccc(-c3ccccc3)nc2)cc(C([2H])([2H])C([2H])([2H])c2ccc(-c3cccc4c3oc3cccc(F)c34)nc2)c1. The molecule has 0 amide bonds. The van der Waals surface area contributed by atoms with Crippen LogP contribution in [-0.4, -0.2) is 15.0 Å². The van der Waals surface area contributed by atoms with Crippen molar-refractivity contribution >= 4 is 21.9 Å². The van der Waals surface area contributed by atoms with Gasteiger partial charge in [-0.15, -0.1) is 0 Å². The molecule has 0 radical (unpaired) electrons. The van der Waals surface area contributed by atoms with Crippen LogP contribution in [0.5, 0.6) is 0 Å². The van der Waals surface area contributed by atoms with Crippen LogP contribution in [0.3, 0.4) is 0 Å². The van der Waals surface area contributed by atoms with Crippen molar-refractivity contribution in [3.8, 4) is 33.8 Å². The summed E-state index contributed by atoms with van der Waals surface area (Å²) in [5.41, 5.74) is 1.51. The van der Waals surface area contributed by atoms with Gasteiger partial charge in [-0.2, -0.15) is 0 Å². The fraction of sp³-hybridized carbons (Fsp3) is 0.118. The number of pyridine rings is 3. The van der Waals surface area contributed by atoms with Crippen molar-refractivity contribution in [2.45, 2.75) is 38.2 Å². The van der Waals surface area contributed by atoms with E-state index in [4.69, 9.17) is 4.42 Å². The summed E-state index contributed by atoms with van der Waals surface area (Å²) in [6, 6.07) is 39.2. The first-order chi connectivity index (χ1) is 32.2. The molecule has 4 nitrogen and oxygen atoms in total. The number of halogens is 1. The summed E-state index contributed by atoms with van der Waals surface area (Å²) in [4.78, 5) is 13.2. The molecule has 9 aromatic rings. The number of benzene rings is 5. The number of hydrogen-bond acceptors (Lipinski definition) is 4. The Bertz CT molecular complexity index is 3170. The van der Waals surface area contributed by atoms with Gasteiger partial charge in [0.1, 0.15) is 17.0 Å². The smallest absolute Gasteiger partial charge is 0.144 e. The molecule has 0 aliphatic carbocycles. The highest BCUT2D eigenvalue weighted by Gasteiger charge is 2.15. The predicted octanol–water partition coefficient (Wildman–Crippen LogP) is 12.3. The fourth-order valence-electron chi connectivity index (χ4n) is 6.41. The third-order valence-electron chi connectivity index (χ3n) is 9.16. The molecule has 0 spiro atoms. The second-order valence-corrected chi connectivity index (χ2v) is 13.0. The Morgan fingerprint density at radius 3 is 1.39 bits per heavy atom. The maximum absolute atomic E-state index is 14.9. The zero-order chi connectivity index (χ0) is 48.4. The standard InChI is InChI=1S/C51H40FN3O/c52-45-15-8-16-49-50(45)44-14-7-13-43(51(44)56-49)48-28-25-37(34-55-48)19-22-40-30-38(20-17-35-23-26-46(53-32-35)41-9-3-1-4-10-41)29-39(31-40)21-18-36-24-27-47(54-33-36)42-11-5-2-6-12-42/h1-16,23-34H,17-22H2/i17D2,18D2,19D2,20D2,21D2,22D2. The quantitative estimate of drug-likeness (QED) is 0.125. The van der Waals surface area contributed by atoms with Crippen LogP contribution in [-0.2, 0) is 38.2 Å². The summed E-state index contributed by atoms with van der Waals surface area (Å²) in [5, 5.41) is 0.787. The molecule has 5 heteroatoms. The number of fused-ring (bicyclic) bond motifs is 3. The minimum atomic E-state index is -3.12. The van der Waals surface area contributed by atoms with Crippen LogP contribution in [0.2, 0.25) is 0 Å². The molecule has 0 atom stereocenters. The minimum Gasteiger partial charge on any atom is -0.455 e. The van der Waals surface area contributed by atoms with E-state index >= 15 is 0 Å². The lowest BCUT2D eigenvalue weighted by atomic mass is 9.94. The monoisotopic (exact) mass is 741 g/mol. The summed E-state index contributed by atoms with van der Waals surface area (Å²) < 4.78 is 133. The van der Waals surface area contributed by atoms with Crippen LogP contribution < -0.4 is 0 Å². The number of hydrogen-bond donors (Lipinski definition) is 0. The van der Waals surface area contributed by atoms with E-state index in [-0.39, 0.29) is 22.1 Å². The van der Waals surface area contributed by atoms with Gasteiger partial charge in [-0.3, -0.25) is 15.0 Å². The lowest BCUT2D eigenvalue weighted by molar-refractivity contribution is 0.634. The molecule has 9 rings (SSSR count). The van der Waals surface area contributed by atoms with Crippen molar-refractivity contribution in [2.75, 3.05) is 0 Å². The Labute approximate surface area is 343 Å². The van der Waals surface area contributed by atoms with Crippen LogP contribution in [0.25, 0.3) is 55.7 Å². The Balaban J connectivity index is 1.13. The van der Waals surface area contributed by atoms with Gasteiger partial charge in [0.25, 0.3) is 0 Å². The van der Waals surface area contributed by atoms with Crippen molar-refractivity contribution in [3.05, 3.63) is 209 Å². The largest absolute Gasteiger partial charge is 0.455 e. The minimum absolute atomic E-state index is 0.190. The van der Waals surface area contributed by atoms with Gasteiger partial charge in [-0.25, -0.2) is 4.39 Å². The maximum Gasteiger partial charge on any atom is 0.144 e. The summed E-state index contributed by atoms with van der Waals surface area (Å²) in [7, 11) is 0. The van der Waals surface area contributed by atoms with Crippen LogP contribution in [0.4, 0.5) is 4.39 Å². The summed E-state index contributed by atoms with van der Waals surface area (Å²) in [6.45, 7) is 0. The second-order valence-electron chi connectivity index (χ2n) is 13.0. The first-order valence-electron chi connectivity index (χ1n) is 23.9. The first-order valence-corrected chi connectivity index (χ1v) is 17.9. The number of aryl methyl sites for hydroxylation is 6. The normalized spacial score (nSPS) is 16.1. The third-order valence-corrected chi connectivity index (χ3v) is 9.16. The van der Waals surface area contributed by atoms with Crippen LogP contribution in [0.1, 0.15) is 49.8 Å². The molecule has 0 unspecified atom stereocenters. The predicted molar refractivity (Wildman–Crippen MR) is 225 cm³/mol. The number of rotatable bonds is 12. The van der Waals surface area contributed by atoms with Crippen LogP contribution in [0, 0.1) is 5.82 Å². The number of furan rings is 1. The Kier molecular flexibility index (Phi) is 6.81. The maximum atomic E-state index is 14.9. The molecular weight excluding hydrogens is 690 g/mol. The van der Waals surface area contributed by atoms with Crippen molar-refractivity contribution < 1.29 is 25.3 Å². The number of aromatic nitrogens is 3. The summed E-state index contributed by atoms with van der Waals surface area (Å²) in [6.07, 6.45) is -14.6. The van der Waals surface area contributed by atoms with Gasteiger partial charge < -0.3 is 4.42 Å². The molecule has 0 aliphatic rings. The molecule has 5 aromatic carbocycles. The fourth-order valence-corrected chi connectivity index (χ4v) is 6.41. The molecule has 0 saturated heterocycles. The second kappa shape index (κ2) is 15.9. The lowest BCUT2D eigenvalue weighted by Gasteiger charge is -2.12. The van der Waals surface area contributed by atoms with Gasteiger partial charge in [-0.1, -0.05) is 115 Å². The zero-order valence-electron chi connectivity index (χ0n) is 41.8. The van der Waals surface area contributed by atoms with Crippen molar-refractivity contribution in [1.82, 2.24) is 15.0 Å². The number of nitrogens with zero attached hydrogens (tertiary/aromatic N) is 3. The van der Waals surface area contributed by atoms with Gasteiger partial charge in [0, 0.05) is 57.1 Å². The van der Waals surface area contributed by atoms with E-state index in [2.05, 4.69) is 15.0 Å². The number of para-hydroxylation sites is 1. The van der Waals surface area contributed by atoms with Crippen molar-refractivity contribution in [3.63, 3.8) is 0 Å². The molecule has 0 fully saturated rings. The van der Waals surface area contributed by atoms with E-state index in [9.17, 15) is 20.8 Å². The zero-order valence-corrected chi connectivity index (χ0v) is 29.8. The molecular formula is C51H40FN3O. The summed E-state index contributed by atoms with van der Waals surface area (Å²) >= 11 is 0. The van der Waals surface area contributed by atoms with Gasteiger partial charge in [0.05, 0.1) is 22.5 Å². The molecule has 0 aliphatic heterocycles. The highest BCUT2D eigenvalue weighted by Crippen LogP contribution is 2.36. The lowest BCUT2D eigenvalue weighted by Crippen LogP contribution is -2.00. The Hall–Kier alpha value is -6.72. The van der Waals surface area contributed by atoms with Gasteiger partial charge in [0.15, 0.2) is 0 Å². The first kappa shape index (κ1) is 23.9. The molecule has 4 aromatic heterocycles. The van der Waals surface area contributed by atoms with Crippen molar-refractivity contribution in [2.24, 2.45) is 0 Å². The Morgan fingerprint density at radius 1 is 0.446 bits per heavy atom. The van der Waals surface area contributed by atoms with E-state index in [1.54, 1.807) is 24.3 Å². The molecule has 0 N–H and O–H groups in total. The Morgan fingerprint density at radius 2 is 0.911 bits per heavy atom. The van der Waals surface area contributed by atoms with Gasteiger partial charge in [-0.05, 0) is 108 Å². The highest BCUT2D eigenvalue weighted by atomic mass is 19.1. The molecule has 272 valence electrons. The summed E-state index contributed by atoms with van der Waals surface area (Å²) in [5.74, 6) is -0.471. The third kappa shape index (κ3) is 7.75. The van der Waals surface area contributed by atoms with E-state index < -0.39 is 60.7 Å². The molecule has 0 saturated carbocycles. The van der Waals surface area contributed by atoms with E-state index in [0.717, 1.165) is 35.5 Å². The van der Waals surface area contributed by atoms with Crippen molar-refractivity contribution in [1.29, 1.82) is 0 Å². The topological polar surface area (TPSA) is 51.8 Å². The van der Waals surface area contributed by atoms with E-state index in [0.29, 0.717) is 39.2 Å². The average Bonchev–Trinajstić information content (AvgIpc) is 3.74. The van der Waals surface area contributed by atoms with Gasteiger partial charge in [0.2, 0.25) is 0 Å². The van der Waals surface area contributed by atoms with Gasteiger partial charge >= 0.3 is 0 Å². The molecule has 4 heterocycles. The van der Waals surface area contributed by atoms with E-state index in [1.807, 2.05) is 60.7 Å². The molecule has 56 heavy (non-hydrogen) atoms.